The van der Waals surface area contributed by atoms with E-state index in [1.54, 1.807) is 10.8 Å². The molecule has 8 heteroatoms. The molecular formula is C8H15N3O3S2. The summed E-state index contributed by atoms with van der Waals surface area (Å²) in [5, 5.41) is 9.02. The molecule has 1 aromatic heterocycles. The molecule has 0 bridgehead atoms. The van der Waals surface area contributed by atoms with Crippen molar-refractivity contribution < 1.29 is 13.5 Å². The number of aromatic amines is 1. The van der Waals surface area contributed by atoms with Crippen LogP contribution in [-0.2, 0) is 23.2 Å². The lowest BCUT2D eigenvalue weighted by molar-refractivity contribution is 0.270. The topological polar surface area (TPSA) is 87.1 Å². The second-order valence-corrected chi connectivity index (χ2v) is 5.63. The Kier molecular flexibility index (Phi) is 4.66. The van der Waals surface area contributed by atoms with E-state index in [1.165, 1.54) is 0 Å². The van der Waals surface area contributed by atoms with Gasteiger partial charge < -0.3 is 14.7 Å². The first-order chi connectivity index (χ1) is 7.44. The van der Waals surface area contributed by atoms with Crippen LogP contribution in [0.25, 0.3) is 0 Å². The molecule has 0 saturated heterocycles. The van der Waals surface area contributed by atoms with Crippen LogP contribution < -0.4 is 4.72 Å². The van der Waals surface area contributed by atoms with Crippen molar-refractivity contribution in [2.45, 2.75) is 19.6 Å². The summed E-state index contributed by atoms with van der Waals surface area (Å²) >= 11 is 5.02. The molecule has 0 saturated carbocycles. The van der Waals surface area contributed by atoms with Gasteiger partial charge in [0.25, 0.3) is 0 Å². The Balaban J connectivity index is 2.49. The van der Waals surface area contributed by atoms with Crippen molar-refractivity contribution in [3.05, 3.63) is 16.7 Å². The van der Waals surface area contributed by atoms with Crippen molar-refractivity contribution in [3.63, 3.8) is 0 Å². The fourth-order valence-corrected chi connectivity index (χ4v) is 2.08. The van der Waals surface area contributed by atoms with Gasteiger partial charge in [0.1, 0.15) is 0 Å². The van der Waals surface area contributed by atoms with Gasteiger partial charge in [0, 0.05) is 19.3 Å². The van der Waals surface area contributed by atoms with Gasteiger partial charge in [0.15, 0.2) is 4.77 Å². The van der Waals surface area contributed by atoms with E-state index in [4.69, 9.17) is 17.3 Å². The number of hydrogen-bond acceptors (Lipinski definition) is 4. The van der Waals surface area contributed by atoms with Gasteiger partial charge in [-0.15, -0.1) is 0 Å². The minimum Gasteiger partial charge on any atom is -0.390 e. The molecule has 0 aliphatic rings. The summed E-state index contributed by atoms with van der Waals surface area (Å²) in [6.45, 7) is 0.837. The highest BCUT2D eigenvalue weighted by molar-refractivity contribution is 7.88. The Labute approximate surface area is 99.4 Å². The highest BCUT2D eigenvalue weighted by Gasteiger charge is 2.03. The van der Waals surface area contributed by atoms with Crippen LogP contribution in [0.4, 0.5) is 0 Å². The second kappa shape index (κ2) is 5.58. The van der Waals surface area contributed by atoms with Gasteiger partial charge >= 0.3 is 0 Å². The van der Waals surface area contributed by atoms with Crippen LogP contribution in [0.5, 0.6) is 0 Å². The molecule has 3 N–H and O–H groups in total. The molecular weight excluding hydrogens is 250 g/mol. The molecule has 0 aromatic carbocycles. The van der Waals surface area contributed by atoms with Gasteiger partial charge in [0.2, 0.25) is 10.0 Å². The third kappa shape index (κ3) is 4.05. The summed E-state index contributed by atoms with van der Waals surface area (Å²) in [7, 11) is -3.13. The number of nitrogens with zero attached hydrogens (tertiary/aromatic N) is 1. The summed E-state index contributed by atoms with van der Waals surface area (Å²) < 4.78 is 26.3. The largest absolute Gasteiger partial charge is 0.390 e. The van der Waals surface area contributed by atoms with Gasteiger partial charge in [-0.1, -0.05) is 0 Å². The molecule has 0 spiro atoms. The van der Waals surface area contributed by atoms with E-state index in [1.807, 2.05) is 0 Å². The molecule has 6 nitrogen and oxygen atoms in total. The van der Waals surface area contributed by atoms with Gasteiger partial charge in [-0.25, -0.2) is 13.1 Å². The normalized spacial score (nSPS) is 11.9. The van der Waals surface area contributed by atoms with Crippen LogP contribution in [0.3, 0.4) is 0 Å². The Bertz CT molecular complexity index is 489. The van der Waals surface area contributed by atoms with Crippen LogP contribution in [0.2, 0.25) is 0 Å². The maximum Gasteiger partial charge on any atom is 0.208 e. The Morgan fingerprint density at radius 1 is 1.62 bits per heavy atom. The number of aliphatic hydroxyl groups is 1. The van der Waals surface area contributed by atoms with E-state index < -0.39 is 10.0 Å². The van der Waals surface area contributed by atoms with Crippen LogP contribution in [0, 0.1) is 4.77 Å². The Morgan fingerprint density at radius 3 is 2.88 bits per heavy atom. The molecule has 92 valence electrons. The van der Waals surface area contributed by atoms with E-state index in [0.717, 1.165) is 6.26 Å². The minimum absolute atomic E-state index is 0.0906. The summed E-state index contributed by atoms with van der Waals surface area (Å²) in [5.74, 6) is 0. The standard InChI is InChI=1S/C8H15N3O3S2/c1-16(13,14)10-3-2-4-11-7(6-12)5-9-8(11)15/h5,10,12H,2-4,6H2,1H3,(H,9,15). The molecule has 1 aromatic rings. The average molecular weight is 265 g/mol. The van der Waals surface area contributed by atoms with Gasteiger partial charge in [0.05, 0.1) is 18.6 Å². The van der Waals surface area contributed by atoms with Crippen LogP contribution >= 0.6 is 12.2 Å². The number of aromatic nitrogens is 2. The summed E-state index contributed by atoms with van der Waals surface area (Å²) in [5.41, 5.74) is 0.698. The fourth-order valence-electron chi connectivity index (χ4n) is 1.30. The van der Waals surface area contributed by atoms with Crippen LogP contribution in [-0.4, -0.2) is 35.9 Å². The monoisotopic (exact) mass is 265 g/mol. The van der Waals surface area contributed by atoms with E-state index in [9.17, 15) is 8.42 Å². The molecule has 0 atom stereocenters. The van der Waals surface area contributed by atoms with Crippen molar-refractivity contribution in [2.75, 3.05) is 12.8 Å². The molecule has 1 rings (SSSR count). The first kappa shape index (κ1) is 13.4. The molecule has 0 aliphatic heterocycles. The average Bonchev–Trinajstić information content (AvgIpc) is 2.53. The highest BCUT2D eigenvalue weighted by atomic mass is 32.2. The Morgan fingerprint density at radius 2 is 2.31 bits per heavy atom. The lowest BCUT2D eigenvalue weighted by Crippen LogP contribution is -2.24. The number of nitrogens with one attached hydrogen (secondary N) is 2. The zero-order valence-electron chi connectivity index (χ0n) is 8.93. The van der Waals surface area contributed by atoms with Gasteiger partial charge in [-0.3, -0.25) is 0 Å². The molecule has 0 unspecified atom stereocenters. The zero-order valence-corrected chi connectivity index (χ0v) is 10.6. The molecule has 0 fully saturated rings. The summed E-state index contributed by atoms with van der Waals surface area (Å²) in [6.07, 6.45) is 3.38. The summed E-state index contributed by atoms with van der Waals surface area (Å²) in [4.78, 5) is 2.82. The highest BCUT2D eigenvalue weighted by Crippen LogP contribution is 2.02. The molecule has 1 heterocycles. The molecule has 0 radical (unpaired) electrons. The maximum atomic E-state index is 10.8. The van der Waals surface area contributed by atoms with E-state index in [0.29, 0.717) is 30.0 Å². The third-order valence-corrected chi connectivity index (χ3v) is 3.11. The minimum atomic E-state index is -3.13. The zero-order chi connectivity index (χ0) is 12.2. The van der Waals surface area contributed by atoms with Crippen LogP contribution in [0.1, 0.15) is 12.1 Å². The first-order valence-corrected chi connectivity index (χ1v) is 7.06. The van der Waals surface area contributed by atoms with Crippen molar-refractivity contribution in [1.29, 1.82) is 0 Å². The van der Waals surface area contributed by atoms with E-state index in [2.05, 4.69) is 9.71 Å². The maximum absolute atomic E-state index is 10.8. The second-order valence-electron chi connectivity index (χ2n) is 3.41. The van der Waals surface area contributed by atoms with Crippen molar-refractivity contribution in [1.82, 2.24) is 14.3 Å². The molecule has 0 aliphatic carbocycles. The number of H-pyrrole nitrogens is 1. The smallest absolute Gasteiger partial charge is 0.208 e. The lowest BCUT2D eigenvalue weighted by atomic mass is 10.4. The molecule has 16 heavy (non-hydrogen) atoms. The number of sulfonamides is 1. The molecule has 0 amide bonds. The number of hydrogen-bond donors (Lipinski definition) is 3. The van der Waals surface area contributed by atoms with Gasteiger partial charge in [-0.05, 0) is 18.6 Å². The predicted octanol–water partition coefficient (Wildman–Crippen LogP) is -0.0227. The third-order valence-electron chi connectivity index (χ3n) is 2.04. The van der Waals surface area contributed by atoms with Crippen molar-refractivity contribution >= 4 is 22.2 Å². The SMILES string of the molecule is CS(=O)(=O)NCCCn1c(CO)c[nH]c1=S. The van der Waals surface area contributed by atoms with E-state index >= 15 is 0 Å². The lowest BCUT2D eigenvalue weighted by Gasteiger charge is -2.06. The fraction of sp³-hybridized carbons (Fsp3) is 0.625. The van der Waals surface area contributed by atoms with Gasteiger partial charge in [-0.2, -0.15) is 0 Å². The number of aliphatic hydroxyl groups excluding tert-OH is 1. The van der Waals surface area contributed by atoms with E-state index in [-0.39, 0.29) is 6.61 Å². The predicted molar refractivity (Wildman–Crippen MR) is 63.0 cm³/mol. The first-order valence-electron chi connectivity index (χ1n) is 4.76. The van der Waals surface area contributed by atoms with Crippen molar-refractivity contribution in [2.24, 2.45) is 0 Å². The van der Waals surface area contributed by atoms with Crippen molar-refractivity contribution in [3.8, 4) is 0 Å². The number of rotatable bonds is 6. The van der Waals surface area contributed by atoms with Crippen LogP contribution in [0.15, 0.2) is 6.20 Å². The quantitative estimate of drug-likeness (QED) is 0.498. The number of imidazole rings is 1. The summed E-state index contributed by atoms with van der Waals surface area (Å²) in [6, 6.07) is 0. The Hall–Kier alpha value is -0.700.